The molecule has 3 aliphatic carbocycles. The summed E-state index contributed by atoms with van der Waals surface area (Å²) < 4.78 is 29.0. The molecule has 0 amide bonds. The highest BCUT2D eigenvalue weighted by Gasteiger charge is 2.56. The van der Waals surface area contributed by atoms with Crippen molar-refractivity contribution in [2.75, 3.05) is 9.80 Å². The van der Waals surface area contributed by atoms with Gasteiger partial charge in [0.05, 0.1) is 5.41 Å². The van der Waals surface area contributed by atoms with Crippen LogP contribution in [0.3, 0.4) is 0 Å². The summed E-state index contributed by atoms with van der Waals surface area (Å²) in [7, 11) is 0. The fourth-order valence-corrected chi connectivity index (χ4v) is 15.8. The minimum atomic E-state index is -0.641. The fraction of sp³-hybridized carbons (Fsp3) is 0.268. The standard InChI is InChI=1S/C71H64F2N2/c1-67-37-13-15-39-69(67,3)74(56-30-26-54(72)27-31-56)64-35-24-47(41-50(64)45-67)48-23-34-60-62(43-48)71(52-17-7-5-8-18-52,53-19-9-6-10-20-53)63-44-61(58-21-11-12-22-59(58)66(60)63)49-25-36-65-51(42-49)46-68(2)38-14-16-40-70(68,4)75(65)57-32-28-55(73)29-33-57/h5-12,17-36,41-44H,13-16,37-40,45-46H2,1-4H3. The Balaban J connectivity index is 0.970. The van der Waals surface area contributed by atoms with Crippen LogP contribution in [0.15, 0.2) is 194 Å². The zero-order valence-corrected chi connectivity index (χ0v) is 43.7. The molecule has 2 aliphatic heterocycles. The van der Waals surface area contributed by atoms with Crippen LogP contribution in [0.1, 0.15) is 112 Å². The van der Waals surface area contributed by atoms with Gasteiger partial charge in [-0.1, -0.05) is 149 Å². The van der Waals surface area contributed by atoms with Crippen molar-refractivity contribution in [2.45, 2.75) is 108 Å². The van der Waals surface area contributed by atoms with E-state index < -0.39 is 5.41 Å². The summed E-state index contributed by atoms with van der Waals surface area (Å²) in [6, 6.07) is 70.1. The molecule has 9 aromatic carbocycles. The van der Waals surface area contributed by atoms with Gasteiger partial charge < -0.3 is 9.80 Å². The highest BCUT2D eigenvalue weighted by atomic mass is 19.1. The zero-order chi connectivity index (χ0) is 50.9. The number of rotatable bonds is 6. The Hall–Kier alpha value is -7.30. The summed E-state index contributed by atoms with van der Waals surface area (Å²) >= 11 is 0. The first-order valence-electron chi connectivity index (χ1n) is 27.6. The van der Waals surface area contributed by atoms with Gasteiger partial charge in [-0.15, -0.1) is 0 Å². The molecule has 0 bridgehead atoms. The van der Waals surface area contributed by atoms with Gasteiger partial charge in [-0.3, -0.25) is 0 Å². The highest BCUT2D eigenvalue weighted by Crippen LogP contribution is 2.63. The van der Waals surface area contributed by atoms with Crippen LogP contribution in [0.2, 0.25) is 0 Å². The Morgan fingerprint density at radius 1 is 0.387 bits per heavy atom. The second-order valence-electron chi connectivity index (χ2n) is 23.9. The lowest BCUT2D eigenvalue weighted by atomic mass is 9.57. The van der Waals surface area contributed by atoms with Crippen LogP contribution >= 0.6 is 0 Å². The normalized spacial score (nSPS) is 24.1. The van der Waals surface area contributed by atoms with Crippen LogP contribution < -0.4 is 9.80 Å². The monoisotopic (exact) mass is 983 g/mol. The first-order valence-corrected chi connectivity index (χ1v) is 27.6. The highest BCUT2D eigenvalue weighted by molar-refractivity contribution is 6.10. The molecule has 0 saturated heterocycles. The number of benzene rings is 9. The van der Waals surface area contributed by atoms with Gasteiger partial charge in [0.1, 0.15) is 11.6 Å². The van der Waals surface area contributed by atoms with E-state index in [1.165, 1.54) is 115 Å². The molecule has 14 rings (SSSR count). The Kier molecular flexibility index (Phi) is 10.4. The zero-order valence-electron chi connectivity index (χ0n) is 43.7. The van der Waals surface area contributed by atoms with Crippen molar-refractivity contribution in [1.82, 2.24) is 0 Å². The lowest BCUT2D eigenvalue weighted by Crippen LogP contribution is -2.60. The molecule has 372 valence electrons. The Morgan fingerprint density at radius 2 is 0.840 bits per heavy atom. The quantitative estimate of drug-likeness (QED) is 0.164. The van der Waals surface area contributed by atoms with Gasteiger partial charge in [-0.25, -0.2) is 8.78 Å². The van der Waals surface area contributed by atoms with E-state index in [2.05, 4.69) is 183 Å². The van der Waals surface area contributed by atoms with E-state index in [-0.39, 0.29) is 33.5 Å². The molecule has 2 heterocycles. The summed E-state index contributed by atoms with van der Waals surface area (Å²) in [5.41, 5.74) is 19.0. The first kappa shape index (κ1) is 46.2. The molecular weight excluding hydrogens is 919 g/mol. The van der Waals surface area contributed by atoms with E-state index in [9.17, 15) is 8.78 Å². The number of anilines is 4. The molecule has 0 aromatic heterocycles. The summed E-state index contributed by atoms with van der Waals surface area (Å²) in [6.45, 7) is 9.91. The third-order valence-corrected chi connectivity index (χ3v) is 20.0. The number of nitrogens with zero attached hydrogens (tertiary/aromatic N) is 2. The first-order chi connectivity index (χ1) is 36.4. The van der Waals surface area contributed by atoms with Crippen LogP contribution in [0.25, 0.3) is 44.2 Å². The average Bonchev–Trinajstić information content (AvgIpc) is 3.98. The maximum absolute atomic E-state index is 14.5. The van der Waals surface area contributed by atoms with Crippen LogP contribution in [0.5, 0.6) is 0 Å². The van der Waals surface area contributed by atoms with E-state index in [0.29, 0.717) is 0 Å². The molecule has 5 aliphatic rings. The predicted octanol–water partition coefficient (Wildman–Crippen LogP) is 18.9. The van der Waals surface area contributed by atoms with E-state index in [1.807, 2.05) is 24.3 Å². The van der Waals surface area contributed by atoms with Crippen molar-refractivity contribution in [3.63, 3.8) is 0 Å². The lowest BCUT2D eigenvalue weighted by molar-refractivity contribution is 0.0863. The third-order valence-electron chi connectivity index (χ3n) is 20.0. The van der Waals surface area contributed by atoms with Crippen molar-refractivity contribution < 1.29 is 8.78 Å². The van der Waals surface area contributed by atoms with Gasteiger partial charge in [0.2, 0.25) is 0 Å². The number of hydrogen-bond acceptors (Lipinski definition) is 2. The number of halogens is 2. The van der Waals surface area contributed by atoms with E-state index in [0.717, 1.165) is 49.9 Å². The van der Waals surface area contributed by atoms with Crippen LogP contribution in [0.4, 0.5) is 31.5 Å². The molecule has 2 saturated carbocycles. The molecule has 0 N–H and O–H groups in total. The van der Waals surface area contributed by atoms with Gasteiger partial charge in [-0.05, 0) is 226 Å². The summed E-state index contributed by atoms with van der Waals surface area (Å²) in [4.78, 5) is 5.12. The minimum absolute atomic E-state index is 0.0365. The predicted molar refractivity (Wildman–Crippen MR) is 307 cm³/mol. The average molecular weight is 983 g/mol. The maximum Gasteiger partial charge on any atom is 0.123 e. The summed E-state index contributed by atoms with van der Waals surface area (Å²) in [6.07, 6.45) is 11.3. The molecule has 9 aromatic rings. The molecule has 4 atom stereocenters. The van der Waals surface area contributed by atoms with Crippen molar-refractivity contribution >= 4 is 33.5 Å². The summed E-state index contributed by atoms with van der Waals surface area (Å²) in [5.74, 6) is -0.411. The smallest absolute Gasteiger partial charge is 0.123 e. The molecule has 2 fully saturated rings. The Morgan fingerprint density at radius 3 is 1.39 bits per heavy atom. The maximum atomic E-state index is 14.5. The van der Waals surface area contributed by atoms with Gasteiger partial charge in [0.25, 0.3) is 0 Å². The molecule has 4 heteroatoms. The van der Waals surface area contributed by atoms with Crippen molar-refractivity contribution in [1.29, 1.82) is 0 Å². The molecule has 0 spiro atoms. The van der Waals surface area contributed by atoms with E-state index >= 15 is 0 Å². The van der Waals surface area contributed by atoms with Gasteiger partial charge in [-0.2, -0.15) is 0 Å². The molecule has 75 heavy (non-hydrogen) atoms. The van der Waals surface area contributed by atoms with Crippen LogP contribution in [0, 0.1) is 22.5 Å². The largest absolute Gasteiger partial charge is 0.335 e. The van der Waals surface area contributed by atoms with Crippen LogP contribution in [-0.2, 0) is 18.3 Å². The van der Waals surface area contributed by atoms with Gasteiger partial charge >= 0.3 is 0 Å². The van der Waals surface area contributed by atoms with Crippen molar-refractivity contribution in [3.05, 3.63) is 239 Å². The van der Waals surface area contributed by atoms with E-state index in [1.54, 1.807) is 24.3 Å². The summed E-state index contributed by atoms with van der Waals surface area (Å²) in [5, 5.41) is 2.50. The fourth-order valence-electron chi connectivity index (χ4n) is 15.8. The second-order valence-corrected chi connectivity index (χ2v) is 23.9. The SMILES string of the molecule is CC12CCCCC1(C)N(c1ccc(F)cc1)c1ccc(-c3ccc4c(c3)C(c3ccccc3)(c3ccccc3)c3cc(-c5ccc6c(c5)CC5(C)CCCCC5(C)N6c5ccc(F)cc5)c5ccccc5c3-4)cc1C2. The molecule has 2 nitrogen and oxygen atoms in total. The van der Waals surface area contributed by atoms with Crippen molar-refractivity contribution in [3.8, 4) is 33.4 Å². The van der Waals surface area contributed by atoms with Gasteiger partial charge in [0, 0.05) is 33.8 Å². The Labute approximate surface area is 441 Å². The van der Waals surface area contributed by atoms with E-state index in [4.69, 9.17) is 0 Å². The Bertz CT molecular complexity index is 3680. The molecular formula is C71H64F2N2. The molecule has 4 unspecified atom stereocenters. The topological polar surface area (TPSA) is 6.48 Å². The second kappa shape index (κ2) is 16.9. The lowest BCUT2D eigenvalue weighted by Gasteiger charge is -2.60. The molecule has 0 radical (unpaired) electrons. The van der Waals surface area contributed by atoms with Crippen molar-refractivity contribution in [2.24, 2.45) is 10.8 Å². The van der Waals surface area contributed by atoms with Crippen LogP contribution in [-0.4, -0.2) is 11.1 Å². The van der Waals surface area contributed by atoms with Gasteiger partial charge in [0.15, 0.2) is 0 Å². The number of hydrogen-bond donors (Lipinski definition) is 0. The third kappa shape index (κ3) is 6.66. The minimum Gasteiger partial charge on any atom is -0.335 e. The number of fused-ring (bicyclic) bond motifs is 9.